The first kappa shape index (κ1) is 13.3. The van der Waals surface area contributed by atoms with Crippen molar-refractivity contribution in [2.45, 2.75) is 32.1 Å². The van der Waals surface area contributed by atoms with Crippen LogP contribution in [0.3, 0.4) is 0 Å². The molecule has 1 amide bonds. The van der Waals surface area contributed by atoms with E-state index < -0.39 is 0 Å². The summed E-state index contributed by atoms with van der Waals surface area (Å²) in [7, 11) is 0. The first-order chi connectivity index (χ1) is 8.50. The van der Waals surface area contributed by atoms with E-state index in [2.05, 4.69) is 13.8 Å². The second-order valence-electron chi connectivity index (χ2n) is 4.89. The lowest BCUT2D eigenvalue weighted by molar-refractivity contribution is 0.0698. The molecular weight excluding hydrogens is 244 g/mol. The molecule has 1 aromatic carbocycles. The van der Waals surface area contributed by atoms with E-state index >= 15 is 0 Å². The fourth-order valence-corrected chi connectivity index (χ4v) is 3.26. The summed E-state index contributed by atoms with van der Waals surface area (Å²) >= 11 is 1.93. The molecule has 1 aliphatic heterocycles. The van der Waals surface area contributed by atoms with E-state index in [4.69, 9.17) is 5.73 Å². The summed E-state index contributed by atoms with van der Waals surface area (Å²) in [4.78, 5) is 14.4. The average molecular weight is 264 g/mol. The maximum atomic E-state index is 12.5. The molecule has 3 nitrogen and oxygen atoms in total. The van der Waals surface area contributed by atoms with Crippen LogP contribution in [-0.4, -0.2) is 34.4 Å². The quantitative estimate of drug-likeness (QED) is 0.793. The molecule has 98 valence electrons. The van der Waals surface area contributed by atoms with Crippen molar-refractivity contribution in [3.63, 3.8) is 0 Å². The monoisotopic (exact) mass is 264 g/mol. The van der Waals surface area contributed by atoms with Crippen molar-refractivity contribution in [2.75, 3.05) is 18.0 Å². The number of carbonyl (C=O) groups excluding carboxylic acids is 1. The van der Waals surface area contributed by atoms with Gasteiger partial charge in [-0.05, 0) is 31.5 Å². The lowest BCUT2D eigenvalue weighted by Crippen LogP contribution is -2.47. The van der Waals surface area contributed by atoms with Crippen LogP contribution in [0.5, 0.6) is 0 Å². The van der Waals surface area contributed by atoms with E-state index in [0.29, 0.717) is 16.5 Å². The van der Waals surface area contributed by atoms with Crippen molar-refractivity contribution in [1.29, 1.82) is 0 Å². The first-order valence-corrected chi connectivity index (χ1v) is 7.34. The molecular formula is C14H20N2OS. The first-order valence-electron chi connectivity index (χ1n) is 6.29. The summed E-state index contributed by atoms with van der Waals surface area (Å²) in [5, 5.41) is 0.491. The van der Waals surface area contributed by atoms with Gasteiger partial charge < -0.3 is 10.6 Å². The number of carbonyl (C=O) groups is 1. The van der Waals surface area contributed by atoms with Crippen LogP contribution >= 0.6 is 11.8 Å². The molecule has 1 heterocycles. The third-order valence-corrected chi connectivity index (χ3v) is 5.01. The molecule has 1 saturated heterocycles. The predicted molar refractivity (Wildman–Crippen MR) is 78.0 cm³/mol. The summed E-state index contributed by atoms with van der Waals surface area (Å²) in [6.07, 6.45) is 0. The minimum atomic E-state index is 0.0985. The maximum absolute atomic E-state index is 12.5. The summed E-state index contributed by atoms with van der Waals surface area (Å²) in [5.41, 5.74) is 8.28. The van der Waals surface area contributed by atoms with E-state index in [-0.39, 0.29) is 11.9 Å². The zero-order valence-electron chi connectivity index (χ0n) is 11.1. The number of nitrogen functional groups attached to an aromatic ring is 1. The third-order valence-electron chi connectivity index (χ3n) is 3.67. The Balaban J connectivity index is 2.22. The molecule has 0 aliphatic carbocycles. The van der Waals surface area contributed by atoms with Crippen molar-refractivity contribution < 1.29 is 4.79 Å². The Morgan fingerprint density at radius 3 is 2.83 bits per heavy atom. The van der Waals surface area contributed by atoms with Gasteiger partial charge in [-0.15, -0.1) is 0 Å². The summed E-state index contributed by atoms with van der Waals surface area (Å²) in [5.74, 6) is 1.11. The molecule has 1 aliphatic rings. The smallest absolute Gasteiger partial charge is 0.254 e. The standard InChI is InChI=1S/C14H20N2OS/c1-9-4-5-12(8-13(9)15)14(17)16-6-7-18-11(3)10(16)2/h4-5,8,10-11H,6-7,15H2,1-3H3. The number of nitrogens with zero attached hydrogens (tertiary/aromatic N) is 1. The molecule has 2 atom stereocenters. The maximum Gasteiger partial charge on any atom is 0.254 e. The van der Waals surface area contributed by atoms with Crippen LogP contribution in [0.1, 0.15) is 29.8 Å². The summed E-state index contributed by atoms with van der Waals surface area (Å²) in [6, 6.07) is 5.85. The Bertz CT molecular complexity index is 461. The van der Waals surface area contributed by atoms with Gasteiger partial charge in [0, 0.05) is 34.8 Å². The molecule has 1 aromatic rings. The highest BCUT2D eigenvalue weighted by atomic mass is 32.2. The van der Waals surface area contributed by atoms with E-state index in [0.717, 1.165) is 17.9 Å². The van der Waals surface area contributed by atoms with Crippen LogP contribution in [0.2, 0.25) is 0 Å². The molecule has 1 fully saturated rings. The third kappa shape index (κ3) is 2.48. The van der Waals surface area contributed by atoms with Crippen molar-refractivity contribution >= 4 is 23.4 Å². The van der Waals surface area contributed by atoms with E-state index in [1.807, 2.05) is 35.7 Å². The number of amides is 1. The number of rotatable bonds is 1. The number of hydrogen-bond donors (Lipinski definition) is 1. The molecule has 4 heteroatoms. The SMILES string of the molecule is Cc1ccc(C(=O)N2CCSC(C)C2C)cc1N. The fraction of sp³-hybridized carbons (Fsp3) is 0.500. The van der Waals surface area contributed by atoms with Crippen molar-refractivity contribution in [2.24, 2.45) is 0 Å². The van der Waals surface area contributed by atoms with Gasteiger partial charge in [-0.2, -0.15) is 11.8 Å². The highest BCUT2D eigenvalue weighted by Crippen LogP contribution is 2.26. The van der Waals surface area contributed by atoms with Gasteiger partial charge in [0.05, 0.1) is 0 Å². The van der Waals surface area contributed by atoms with Crippen LogP contribution in [-0.2, 0) is 0 Å². The highest BCUT2D eigenvalue weighted by Gasteiger charge is 2.29. The van der Waals surface area contributed by atoms with Crippen LogP contribution in [0.25, 0.3) is 0 Å². The van der Waals surface area contributed by atoms with Crippen molar-refractivity contribution in [3.05, 3.63) is 29.3 Å². The molecule has 0 radical (unpaired) electrons. The van der Waals surface area contributed by atoms with Gasteiger partial charge in [-0.3, -0.25) is 4.79 Å². The highest BCUT2D eigenvalue weighted by molar-refractivity contribution is 8.00. The minimum Gasteiger partial charge on any atom is -0.398 e. The topological polar surface area (TPSA) is 46.3 Å². The van der Waals surface area contributed by atoms with E-state index in [9.17, 15) is 4.79 Å². The number of nitrogens with two attached hydrogens (primary N) is 1. The van der Waals surface area contributed by atoms with Gasteiger partial charge in [0.1, 0.15) is 0 Å². The Morgan fingerprint density at radius 2 is 2.17 bits per heavy atom. The average Bonchev–Trinajstić information content (AvgIpc) is 2.35. The minimum absolute atomic E-state index is 0.0985. The molecule has 18 heavy (non-hydrogen) atoms. The van der Waals surface area contributed by atoms with Gasteiger partial charge >= 0.3 is 0 Å². The Hall–Kier alpha value is -1.16. The second kappa shape index (κ2) is 5.22. The number of anilines is 1. The number of thioether (sulfide) groups is 1. The summed E-state index contributed by atoms with van der Waals surface area (Å²) in [6.45, 7) is 7.07. The lowest BCUT2D eigenvalue weighted by Gasteiger charge is -2.37. The molecule has 2 unspecified atom stereocenters. The fourth-order valence-electron chi connectivity index (χ4n) is 2.16. The zero-order chi connectivity index (χ0) is 13.3. The molecule has 0 bridgehead atoms. The Kier molecular flexibility index (Phi) is 3.85. The Labute approximate surface area is 113 Å². The van der Waals surface area contributed by atoms with Gasteiger partial charge in [0.2, 0.25) is 0 Å². The summed E-state index contributed by atoms with van der Waals surface area (Å²) < 4.78 is 0. The van der Waals surface area contributed by atoms with Crippen molar-refractivity contribution in [1.82, 2.24) is 4.90 Å². The van der Waals surface area contributed by atoms with Gasteiger partial charge in [-0.25, -0.2) is 0 Å². The molecule has 2 N–H and O–H groups in total. The molecule has 0 aromatic heterocycles. The van der Waals surface area contributed by atoms with Gasteiger partial charge in [-0.1, -0.05) is 13.0 Å². The van der Waals surface area contributed by atoms with Gasteiger partial charge in [0.25, 0.3) is 5.91 Å². The Morgan fingerprint density at radius 1 is 1.44 bits per heavy atom. The van der Waals surface area contributed by atoms with Crippen molar-refractivity contribution in [3.8, 4) is 0 Å². The van der Waals surface area contributed by atoms with Crippen LogP contribution in [0.4, 0.5) is 5.69 Å². The molecule has 0 spiro atoms. The normalized spacial score (nSPS) is 24.1. The van der Waals surface area contributed by atoms with Crippen LogP contribution < -0.4 is 5.73 Å². The predicted octanol–water partition coefficient (Wildman–Crippen LogP) is 2.54. The molecule has 0 saturated carbocycles. The lowest BCUT2D eigenvalue weighted by atomic mass is 10.1. The van der Waals surface area contributed by atoms with E-state index in [1.165, 1.54) is 0 Å². The van der Waals surface area contributed by atoms with Crippen LogP contribution in [0, 0.1) is 6.92 Å². The second-order valence-corrected chi connectivity index (χ2v) is 6.37. The number of hydrogen-bond acceptors (Lipinski definition) is 3. The van der Waals surface area contributed by atoms with Gasteiger partial charge in [0.15, 0.2) is 0 Å². The molecule has 2 rings (SSSR count). The number of aryl methyl sites for hydroxylation is 1. The van der Waals surface area contributed by atoms with E-state index in [1.54, 1.807) is 6.07 Å². The number of benzene rings is 1. The van der Waals surface area contributed by atoms with Crippen LogP contribution in [0.15, 0.2) is 18.2 Å². The zero-order valence-corrected chi connectivity index (χ0v) is 12.0. The largest absolute Gasteiger partial charge is 0.398 e.